The first kappa shape index (κ1) is 14.0. The van der Waals surface area contributed by atoms with Gasteiger partial charge in [0.25, 0.3) is 5.91 Å². The van der Waals surface area contributed by atoms with E-state index >= 15 is 0 Å². The predicted molar refractivity (Wildman–Crippen MR) is 73.3 cm³/mol. The average molecular weight is 264 g/mol. The zero-order valence-electron chi connectivity index (χ0n) is 11.1. The fraction of sp³-hybridized carbons (Fsp3) is 0.533. The van der Waals surface area contributed by atoms with Crippen molar-refractivity contribution in [3.63, 3.8) is 0 Å². The van der Waals surface area contributed by atoms with Crippen LogP contribution in [0.1, 0.15) is 42.5 Å². The molecule has 2 rings (SSSR count). The first-order chi connectivity index (χ1) is 9.15. The summed E-state index contributed by atoms with van der Waals surface area (Å²) in [5, 5.41) is 2.90. The minimum Gasteiger partial charge on any atom is -0.351 e. The highest BCUT2D eigenvalue weighted by atomic mass is 19.1. The molecular formula is C15H21FN2O. The van der Waals surface area contributed by atoms with E-state index < -0.39 is 0 Å². The van der Waals surface area contributed by atoms with Crippen LogP contribution in [0.4, 0.5) is 4.39 Å². The minimum absolute atomic E-state index is 0.0290. The Morgan fingerprint density at radius 3 is 2.68 bits per heavy atom. The van der Waals surface area contributed by atoms with Crippen molar-refractivity contribution in [3.05, 3.63) is 35.6 Å². The Morgan fingerprint density at radius 2 is 2.05 bits per heavy atom. The summed E-state index contributed by atoms with van der Waals surface area (Å²) in [6.45, 7) is 1.18. The molecule has 0 unspecified atom stereocenters. The van der Waals surface area contributed by atoms with Crippen molar-refractivity contribution in [1.29, 1.82) is 0 Å². The number of nitrogens with two attached hydrogens (primary N) is 1. The lowest BCUT2D eigenvalue weighted by molar-refractivity contribution is 0.0913. The SMILES string of the molecule is NCC1(CNC(=O)c2cccc(F)c2)CCCCC1. The summed E-state index contributed by atoms with van der Waals surface area (Å²) < 4.78 is 13.1. The van der Waals surface area contributed by atoms with Crippen LogP contribution >= 0.6 is 0 Å². The van der Waals surface area contributed by atoms with E-state index in [2.05, 4.69) is 5.32 Å². The van der Waals surface area contributed by atoms with Crippen molar-refractivity contribution < 1.29 is 9.18 Å². The van der Waals surface area contributed by atoms with Gasteiger partial charge in [0.2, 0.25) is 0 Å². The average Bonchev–Trinajstić information content (AvgIpc) is 2.46. The summed E-state index contributed by atoms with van der Waals surface area (Å²) in [6, 6.07) is 5.75. The van der Waals surface area contributed by atoms with Crippen molar-refractivity contribution in [1.82, 2.24) is 5.32 Å². The van der Waals surface area contributed by atoms with Crippen LogP contribution in [-0.4, -0.2) is 19.0 Å². The van der Waals surface area contributed by atoms with Crippen molar-refractivity contribution in [2.75, 3.05) is 13.1 Å². The van der Waals surface area contributed by atoms with Gasteiger partial charge in [-0.05, 0) is 43.0 Å². The van der Waals surface area contributed by atoms with E-state index in [0.29, 0.717) is 18.7 Å². The molecule has 0 bridgehead atoms. The van der Waals surface area contributed by atoms with Crippen LogP contribution in [0.25, 0.3) is 0 Å². The third-order valence-electron chi connectivity index (χ3n) is 4.06. The number of carbonyl (C=O) groups is 1. The molecule has 19 heavy (non-hydrogen) atoms. The molecule has 0 heterocycles. The van der Waals surface area contributed by atoms with Gasteiger partial charge in [0.05, 0.1) is 0 Å². The maximum Gasteiger partial charge on any atom is 0.251 e. The standard InChI is InChI=1S/C15H21FN2O/c16-13-6-4-5-12(9-13)14(19)18-11-15(10-17)7-2-1-3-8-15/h4-6,9H,1-3,7-8,10-11,17H2,(H,18,19). The highest BCUT2D eigenvalue weighted by Crippen LogP contribution is 2.34. The van der Waals surface area contributed by atoms with Gasteiger partial charge in [-0.3, -0.25) is 4.79 Å². The molecular weight excluding hydrogens is 243 g/mol. The molecule has 1 amide bonds. The number of halogens is 1. The van der Waals surface area contributed by atoms with Crippen LogP contribution in [0.15, 0.2) is 24.3 Å². The molecule has 4 heteroatoms. The molecule has 0 aromatic heterocycles. The van der Waals surface area contributed by atoms with E-state index in [-0.39, 0.29) is 17.1 Å². The first-order valence-corrected chi connectivity index (χ1v) is 6.89. The van der Waals surface area contributed by atoms with Crippen LogP contribution in [0.3, 0.4) is 0 Å². The second kappa shape index (κ2) is 6.15. The van der Waals surface area contributed by atoms with E-state index in [1.165, 1.54) is 31.4 Å². The number of nitrogens with one attached hydrogen (secondary N) is 1. The Bertz CT molecular complexity index is 442. The van der Waals surface area contributed by atoms with Gasteiger partial charge in [-0.1, -0.05) is 25.3 Å². The van der Waals surface area contributed by atoms with E-state index in [9.17, 15) is 9.18 Å². The van der Waals surface area contributed by atoms with Crippen LogP contribution in [0.5, 0.6) is 0 Å². The molecule has 1 aliphatic carbocycles. The van der Waals surface area contributed by atoms with Gasteiger partial charge in [-0.2, -0.15) is 0 Å². The summed E-state index contributed by atoms with van der Waals surface area (Å²) in [7, 11) is 0. The molecule has 1 aliphatic rings. The maximum atomic E-state index is 13.1. The summed E-state index contributed by atoms with van der Waals surface area (Å²) in [5.74, 6) is -0.614. The lowest BCUT2D eigenvalue weighted by atomic mass is 9.74. The van der Waals surface area contributed by atoms with Crippen LogP contribution < -0.4 is 11.1 Å². The second-order valence-electron chi connectivity index (χ2n) is 5.46. The lowest BCUT2D eigenvalue weighted by Gasteiger charge is -2.36. The third kappa shape index (κ3) is 3.53. The number of benzene rings is 1. The monoisotopic (exact) mass is 264 g/mol. The van der Waals surface area contributed by atoms with Gasteiger partial charge in [-0.15, -0.1) is 0 Å². The van der Waals surface area contributed by atoms with Crippen LogP contribution in [0.2, 0.25) is 0 Å². The van der Waals surface area contributed by atoms with E-state index in [0.717, 1.165) is 12.8 Å². The molecule has 1 fully saturated rings. The van der Waals surface area contributed by atoms with E-state index in [1.54, 1.807) is 12.1 Å². The second-order valence-corrected chi connectivity index (χ2v) is 5.46. The Hall–Kier alpha value is -1.42. The van der Waals surface area contributed by atoms with E-state index in [4.69, 9.17) is 5.73 Å². The number of amides is 1. The van der Waals surface area contributed by atoms with Gasteiger partial charge in [0.1, 0.15) is 5.82 Å². The van der Waals surface area contributed by atoms with Crippen LogP contribution in [-0.2, 0) is 0 Å². The highest BCUT2D eigenvalue weighted by molar-refractivity contribution is 5.94. The largest absolute Gasteiger partial charge is 0.351 e. The summed E-state index contributed by atoms with van der Waals surface area (Å²) >= 11 is 0. The number of rotatable bonds is 4. The van der Waals surface area contributed by atoms with Gasteiger partial charge in [0, 0.05) is 12.1 Å². The van der Waals surface area contributed by atoms with Gasteiger partial charge >= 0.3 is 0 Å². The van der Waals surface area contributed by atoms with Crippen LogP contribution in [0, 0.1) is 11.2 Å². The normalized spacial score (nSPS) is 18.0. The molecule has 0 saturated heterocycles. The molecule has 1 aromatic rings. The van der Waals surface area contributed by atoms with Gasteiger partial charge in [0.15, 0.2) is 0 Å². The highest BCUT2D eigenvalue weighted by Gasteiger charge is 2.30. The maximum absolute atomic E-state index is 13.1. The van der Waals surface area contributed by atoms with E-state index in [1.807, 2.05) is 0 Å². The van der Waals surface area contributed by atoms with Crippen molar-refractivity contribution in [2.45, 2.75) is 32.1 Å². The molecule has 3 N–H and O–H groups in total. The number of hydrogen-bond donors (Lipinski definition) is 2. The zero-order chi connectivity index (χ0) is 13.7. The summed E-state index contributed by atoms with van der Waals surface area (Å²) in [4.78, 5) is 12.0. The van der Waals surface area contributed by atoms with Gasteiger partial charge in [-0.25, -0.2) is 4.39 Å². The van der Waals surface area contributed by atoms with Crippen molar-refractivity contribution in [2.24, 2.45) is 11.1 Å². The Kier molecular flexibility index (Phi) is 4.53. The fourth-order valence-electron chi connectivity index (χ4n) is 2.75. The third-order valence-corrected chi connectivity index (χ3v) is 4.06. The molecule has 0 atom stereocenters. The zero-order valence-corrected chi connectivity index (χ0v) is 11.1. The molecule has 1 aromatic carbocycles. The Morgan fingerprint density at radius 1 is 1.32 bits per heavy atom. The smallest absolute Gasteiger partial charge is 0.251 e. The molecule has 104 valence electrons. The molecule has 3 nitrogen and oxygen atoms in total. The predicted octanol–water partition coefficient (Wildman–Crippen LogP) is 2.46. The molecule has 0 spiro atoms. The lowest BCUT2D eigenvalue weighted by Crippen LogP contribution is -2.43. The molecule has 0 aliphatic heterocycles. The Balaban J connectivity index is 1.95. The van der Waals surface area contributed by atoms with Crippen molar-refractivity contribution >= 4 is 5.91 Å². The first-order valence-electron chi connectivity index (χ1n) is 6.89. The minimum atomic E-state index is -0.390. The quantitative estimate of drug-likeness (QED) is 0.877. The Labute approximate surface area is 113 Å². The number of carbonyl (C=O) groups excluding carboxylic acids is 1. The molecule has 0 radical (unpaired) electrons. The fourth-order valence-corrected chi connectivity index (χ4v) is 2.75. The summed E-state index contributed by atoms with van der Waals surface area (Å²) in [5.41, 5.74) is 6.27. The van der Waals surface area contributed by atoms with Crippen molar-refractivity contribution in [3.8, 4) is 0 Å². The van der Waals surface area contributed by atoms with Gasteiger partial charge < -0.3 is 11.1 Å². The molecule has 1 saturated carbocycles. The topological polar surface area (TPSA) is 55.1 Å². The summed E-state index contributed by atoms with van der Waals surface area (Å²) in [6.07, 6.45) is 5.72. The number of hydrogen-bond acceptors (Lipinski definition) is 2.